The lowest BCUT2D eigenvalue weighted by Crippen LogP contribution is -2.21. The van der Waals surface area contributed by atoms with Crippen LogP contribution in [0.1, 0.15) is 19.4 Å². The number of ether oxygens (including phenoxy) is 1. The number of aromatic hydroxyl groups is 1. The van der Waals surface area contributed by atoms with E-state index >= 15 is 0 Å². The summed E-state index contributed by atoms with van der Waals surface area (Å²) in [5, 5.41) is 15.8. The molecular weight excluding hydrogens is 373 g/mol. The second-order valence-corrected chi connectivity index (χ2v) is 7.61. The van der Waals surface area contributed by atoms with Crippen molar-refractivity contribution < 1.29 is 14.2 Å². The second kappa shape index (κ2) is 6.88. The van der Waals surface area contributed by atoms with Crippen LogP contribution in [0.5, 0.6) is 11.6 Å². The van der Waals surface area contributed by atoms with Gasteiger partial charge in [-0.3, -0.25) is 14.2 Å². The van der Waals surface area contributed by atoms with E-state index in [1.807, 2.05) is 19.1 Å². The highest BCUT2D eigenvalue weighted by molar-refractivity contribution is 5.90. The fourth-order valence-electron chi connectivity index (χ4n) is 3.33. The normalized spacial score (nSPS) is 11.9. The van der Waals surface area contributed by atoms with Crippen LogP contribution in [0.2, 0.25) is 0 Å². The van der Waals surface area contributed by atoms with Crippen LogP contribution in [-0.2, 0) is 6.54 Å². The number of alkyl halides is 1. The molecule has 29 heavy (non-hydrogen) atoms. The number of hydrogen-bond donors (Lipinski definition) is 1. The number of aryl methyl sites for hydroxylation is 1. The first kappa shape index (κ1) is 18.9. The molecule has 0 aliphatic carbocycles. The van der Waals surface area contributed by atoms with Gasteiger partial charge in [-0.15, -0.1) is 0 Å². The van der Waals surface area contributed by atoms with Crippen LogP contribution < -0.4 is 4.74 Å². The van der Waals surface area contributed by atoms with E-state index in [2.05, 4.69) is 15.1 Å². The summed E-state index contributed by atoms with van der Waals surface area (Å²) in [6, 6.07) is 5.48. The minimum Gasteiger partial charge on any atom is -0.495 e. The third-order valence-electron chi connectivity index (χ3n) is 4.60. The molecule has 0 atom stereocenters. The maximum absolute atomic E-state index is 13.9. The van der Waals surface area contributed by atoms with Gasteiger partial charge in [-0.2, -0.15) is 5.10 Å². The Morgan fingerprint density at radius 2 is 2.03 bits per heavy atom. The lowest BCUT2D eigenvalue weighted by atomic mass is 10.1. The monoisotopic (exact) mass is 395 g/mol. The van der Waals surface area contributed by atoms with Crippen LogP contribution in [0.25, 0.3) is 28.0 Å². The van der Waals surface area contributed by atoms with Crippen molar-refractivity contribution in [1.29, 1.82) is 0 Å². The number of nitrogens with zero attached hydrogens (tertiary/aromatic N) is 5. The summed E-state index contributed by atoms with van der Waals surface area (Å²) in [5.41, 5.74) is 1.65. The topological polar surface area (TPSA) is 78.0 Å². The highest BCUT2D eigenvalue weighted by atomic mass is 19.1. The van der Waals surface area contributed by atoms with Gasteiger partial charge in [0.25, 0.3) is 0 Å². The van der Waals surface area contributed by atoms with E-state index in [0.717, 1.165) is 16.8 Å². The van der Waals surface area contributed by atoms with Crippen molar-refractivity contribution in [3.05, 3.63) is 48.5 Å². The van der Waals surface area contributed by atoms with Gasteiger partial charge in [0.1, 0.15) is 11.4 Å². The Morgan fingerprint density at radius 1 is 1.24 bits per heavy atom. The molecule has 4 aromatic heterocycles. The third kappa shape index (κ3) is 3.65. The van der Waals surface area contributed by atoms with Gasteiger partial charge in [-0.05, 0) is 38.5 Å². The zero-order valence-corrected chi connectivity index (χ0v) is 16.7. The number of rotatable bonds is 5. The molecule has 4 aromatic rings. The van der Waals surface area contributed by atoms with Crippen LogP contribution in [0.15, 0.2) is 43.0 Å². The first-order valence-corrected chi connectivity index (χ1v) is 9.19. The SMILES string of the molecule is COc1cncc(-c2cc(C)c3c(O)n(-c4ccn(CC(C)(C)F)n4)cc3n2)c1. The molecule has 0 aliphatic heterocycles. The van der Waals surface area contributed by atoms with Crippen LogP contribution in [-0.4, -0.2) is 42.2 Å². The van der Waals surface area contributed by atoms with Crippen molar-refractivity contribution in [2.24, 2.45) is 0 Å². The Morgan fingerprint density at radius 3 is 2.76 bits per heavy atom. The zero-order valence-electron chi connectivity index (χ0n) is 16.7. The predicted octanol–water partition coefficient (Wildman–Crippen LogP) is 4.05. The number of aromatic nitrogens is 5. The van der Waals surface area contributed by atoms with Gasteiger partial charge in [0.2, 0.25) is 5.88 Å². The minimum absolute atomic E-state index is 0.0464. The second-order valence-electron chi connectivity index (χ2n) is 7.61. The van der Waals surface area contributed by atoms with Crippen LogP contribution in [0.4, 0.5) is 4.39 Å². The molecule has 0 fully saturated rings. The summed E-state index contributed by atoms with van der Waals surface area (Å²) in [7, 11) is 1.59. The highest BCUT2D eigenvalue weighted by Crippen LogP contribution is 2.34. The third-order valence-corrected chi connectivity index (χ3v) is 4.60. The summed E-state index contributed by atoms with van der Waals surface area (Å²) >= 11 is 0. The molecule has 8 heteroatoms. The highest BCUT2D eigenvalue weighted by Gasteiger charge is 2.19. The first-order valence-electron chi connectivity index (χ1n) is 9.19. The summed E-state index contributed by atoms with van der Waals surface area (Å²) in [4.78, 5) is 8.86. The van der Waals surface area contributed by atoms with E-state index in [1.54, 1.807) is 42.5 Å². The fourth-order valence-corrected chi connectivity index (χ4v) is 3.33. The molecule has 4 rings (SSSR count). The molecule has 1 N–H and O–H groups in total. The molecular formula is C21H22FN5O2. The molecule has 0 aromatic carbocycles. The molecule has 0 radical (unpaired) electrons. The largest absolute Gasteiger partial charge is 0.495 e. The van der Waals surface area contributed by atoms with Crippen LogP contribution in [0, 0.1) is 6.92 Å². The van der Waals surface area contributed by atoms with Gasteiger partial charge >= 0.3 is 0 Å². The molecule has 150 valence electrons. The zero-order chi connectivity index (χ0) is 20.8. The van der Waals surface area contributed by atoms with Crippen LogP contribution in [0.3, 0.4) is 0 Å². The lowest BCUT2D eigenvalue weighted by molar-refractivity contribution is 0.179. The van der Waals surface area contributed by atoms with E-state index in [0.29, 0.717) is 22.5 Å². The Balaban J connectivity index is 1.78. The average Bonchev–Trinajstić information content (AvgIpc) is 3.24. The Labute approximate surface area is 167 Å². The minimum atomic E-state index is -1.38. The summed E-state index contributed by atoms with van der Waals surface area (Å²) < 4.78 is 22.2. The number of methoxy groups -OCH3 is 1. The molecule has 7 nitrogen and oxygen atoms in total. The van der Waals surface area contributed by atoms with Gasteiger partial charge in [0, 0.05) is 30.2 Å². The molecule has 0 amide bonds. The number of halogens is 1. The van der Waals surface area contributed by atoms with Gasteiger partial charge in [-0.1, -0.05) is 0 Å². The van der Waals surface area contributed by atoms with Crippen molar-refractivity contribution in [3.8, 4) is 28.7 Å². The fraction of sp³-hybridized carbons (Fsp3) is 0.286. The average molecular weight is 395 g/mol. The molecule has 0 bridgehead atoms. The van der Waals surface area contributed by atoms with E-state index < -0.39 is 5.67 Å². The van der Waals surface area contributed by atoms with Gasteiger partial charge in [0.05, 0.1) is 36.4 Å². The van der Waals surface area contributed by atoms with Crippen molar-refractivity contribution >= 4 is 10.9 Å². The van der Waals surface area contributed by atoms with Crippen molar-refractivity contribution in [2.45, 2.75) is 33.0 Å². The molecule has 0 saturated heterocycles. The lowest BCUT2D eigenvalue weighted by Gasteiger charge is -2.13. The van der Waals surface area contributed by atoms with Crippen molar-refractivity contribution in [1.82, 2.24) is 24.3 Å². The van der Waals surface area contributed by atoms with Gasteiger partial charge < -0.3 is 9.84 Å². The molecule has 0 saturated carbocycles. The van der Waals surface area contributed by atoms with E-state index in [4.69, 9.17) is 4.74 Å². The van der Waals surface area contributed by atoms with Crippen molar-refractivity contribution in [3.63, 3.8) is 0 Å². The molecule has 0 aliphatic rings. The summed E-state index contributed by atoms with van der Waals surface area (Å²) in [5.74, 6) is 1.18. The Bertz CT molecular complexity index is 1190. The van der Waals surface area contributed by atoms with Gasteiger partial charge in [0.15, 0.2) is 5.82 Å². The van der Waals surface area contributed by atoms with E-state index in [9.17, 15) is 9.50 Å². The quantitative estimate of drug-likeness (QED) is 0.551. The van der Waals surface area contributed by atoms with Gasteiger partial charge in [-0.25, -0.2) is 9.37 Å². The Hall–Kier alpha value is -3.42. The van der Waals surface area contributed by atoms with Crippen molar-refractivity contribution in [2.75, 3.05) is 7.11 Å². The van der Waals surface area contributed by atoms with E-state index in [1.165, 1.54) is 18.5 Å². The molecule has 4 heterocycles. The van der Waals surface area contributed by atoms with E-state index in [-0.39, 0.29) is 12.4 Å². The molecule has 0 spiro atoms. The maximum Gasteiger partial charge on any atom is 0.206 e. The van der Waals surface area contributed by atoms with Crippen LogP contribution >= 0.6 is 0 Å². The molecule has 0 unspecified atom stereocenters. The predicted molar refractivity (Wildman–Crippen MR) is 108 cm³/mol. The summed E-state index contributed by atoms with van der Waals surface area (Å²) in [6.45, 7) is 5.03. The Kier molecular flexibility index (Phi) is 4.49. The first-order chi connectivity index (χ1) is 13.7. The number of fused-ring (bicyclic) bond motifs is 1. The standard InChI is InChI=1S/C21H22FN5O2/c1-13-7-16(14-8-15(29-4)10-23-9-14)24-17-11-27(20(28)19(13)17)18-5-6-26(25-18)12-21(2,3)22/h5-11,28H,12H2,1-4H3. The maximum atomic E-state index is 13.9. The smallest absolute Gasteiger partial charge is 0.206 e. The number of hydrogen-bond acceptors (Lipinski definition) is 5. The number of pyridine rings is 2. The summed E-state index contributed by atoms with van der Waals surface area (Å²) in [6.07, 6.45) is 6.76.